The van der Waals surface area contributed by atoms with Crippen molar-refractivity contribution < 1.29 is 14.8 Å². The number of nitro groups is 1. The van der Waals surface area contributed by atoms with Gasteiger partial charge in [-0.05, 0) is 11.6 Å². The molecule has 2 rings (SSSR count). The topological polar surface area (TPSA) is 75.8 Å². The van der Waals surface area contributed by atoms with Gasteiger partial charge >= 0.3 is 0 Å². The first-order valence-corrected chi connectivity index (χ1v) is 6.35. The molecule has 0 radical (unpaired) electrons. The summed E-state index contributed by atoms with van der Waals surface area (Å²) in [6.45, 7) is 2.18. The second-order valence-electron chi connectivity index (χ2n) is 4.41. The summed E-state index contributed by atoms with van der Waals surface area (Å²) in [5, 5.41) is 20.5. The number of hydrogen-bond acceptors (Lipinski definition) is 5. The molecule has 1 aromatic carbocycles. The first-order chi connectivity index (χ1) is 9.11. The van der Waals surface area contributed by atoms with Crippen molar-refractivity contribution in [2.24, 2.45) is 0 Å². The van der Waals surface area contributed by atoms with Crippen LogP contribution in [0.2, 0.25) is 5.02 Å². The summed E-state index contributed by atoms with van der Waals surface area (Å²) in [7, 11) is 0. The van der Waals surface area contributed by atoms with E-state index in [0.717, 1.165) is 0 Å². The molecular formula is C12H15ClN2O4. The molecule has 0 aliphatic carbocycles. The van der Waals surface area contributed by atoms with Crippen molar-refractivity contribution in [3.05, 3.63) is 38.9 Å². The molecule has 0 spiro atoms. The molecule has 19 heavy (non-hydrogen) atoms. The van der Waals surface area contributed by atoms with E-state index in [1.54, 1.807) is 0 Å². The van der Waals surface area contributed by atoms with Gasteiger partial charge in [-0.15, -0.1) is 0 Å². The van der Waals surface area contributed by atoms with Gasteiger partial charge < -0.3 is 9.84 Å². The van der Waals surface area contributed by atoms with Crippen molar-refractivity contribution in [2.45, 2.75) is 12.6 Å². The largest absolute Gasteiger partial charge is 0.395 e. The third kappa shape index (κ3) is 3.42. The molecule has 1 fully saturated rings. The second-order valence-corrected chi connectivity index (χ2v) is 4.82. The third-order valence-corrected chi connectivity index (χ3v) is 3.54. The van der Waals surface area contributed by atoms with E-state index in [4.69, 9.17) is 16.3 Å². The number of hydrogen-bond donors (Lipinski definition) is 1. The summed E-state index contributed by atoms with van der Waals surface area (Å²) >= 11 is 6.07. The fraction of sp³-hybridized carbons (Fsp3) is 0.500. The van der Waals surface area contributed by atoms with Crippen molar-refractivity contribution in [1.82, 2.24) is 4.90 Å². The minimum absolute atomic E-state index is 0.00739. The van der Waals surface area contributed by atoms with Gasteiger partial charge in [-0.2, -0.15) is 0 Å². The van der Waals surface area contributed by atoms with E-state index < -0.39 is 4.92 Å². The lowest BCUT2D eigenvalue weighted by Gasteiger charge is -2.34. The van der Waals surface area contributed by atoms with E-state index in [2.05, 4.69) is 0 Å². The zero-order valence-corrected chi connectivity index (χ0v) is 11.0. The molecule has 1 atom stereocenters. The van der Waals surface area contributed by atoms with Crippen LogP contribution in [0.4, 0.5) is 5.69 Å². The SMILES string of the molecule is O=[N+]([O-])c1ccc(Cl)c(CN2CCOCC2CO)c1. The monoisotopic (exact) mass is 286 g/mol. The highest BCUT2D eigenvalue weighted by molar-refractivity contribution is 6.31. The standard InChI is InChI=1S/C12H15ClN2O4/c13-12-2-1-10(15(17)18)5-9(12)6-14-3-4-19-8-11(14)7-16/h1-2,5,11,16H,3-4,6-8H2. The van der Waals surface area contributed by atoms with Gasteiger partial charge in [0.25, 0.3) is 5.69 Å². The molecule has 7 heteroatoms. The predicted octanol–water partition coefficient (Wildman–Crippen LogP) is 1.44. The quantitative estimate of drug-likeness (QED) is 0.669. The number of benzene rings is 1. The van der Waals surface area contributed by atoms with Crippen LogP contribution in [0.5, 0.6) is 0 Å². The highest BCUT2D eigenvalue weighted by Crippen LogP contribution is 2.24. The molecule has 1 aliphatic rings. The average Bonchev–Trinajstić information content (AvgIpc) is 2.41. The zero-order valence-electron chi connectivity index (χ0n) is 10.3. The van der Waals surface area contributed by atoms with Crippen LogP contribution in [0.1, 0.15) is 5.56 Å². The highest BCUT2D eigenvalue weighted by Gasteiger charge is 2.23. The van der Waals surface area contributed by atoms with Crippen LogP contribution in [-0.4, -0.2) is 47.3 Å². The Morgan fingerprint density at radius 1 is 1.58 bits per heavy atom. The number of rotatable bonds is 4. The highest BCUT2D eigenvalue weighted by atomic mass is 35.5. The van der Waals surface area contributed by atoms with Crippen LogP contribution in [0, 0.1) is 10.1 Å². The van der Waals surface area contributed by atoms with Gasteiger partial charge in [0.2, 0.25) is 0 Å². The summed E-state index contributed by atoms with van der Waals surface area (Å²) in [5.74, 6) is 0. The number of aliphatic hydroxyl groups excluding tert-OH is 1. The number of ether oxygens (including phenoxy) is 1. The van der Waals surface area contributed by atoms with Crippen molar-refractivity contribution in [1.29, 1.82) is 0 Å². The predicted molar refractivity (Wildman–Crippen MR) is 70.2 cm³/mol. The van der Waals surface area contributed by atoms with E-state index in [1.807, 2.05) is 4.90 Å². The van der Waals surface area contributed by atoms with Gasteiger partial charge in [-0.1, -0.05) is 11.6 Å². The third-order valence-electron chi connectivity index (χ3n) is 3.17. The Kier molecular flexibility index (Phi) is 4.71. The summed E-state index contributed by atoms with van der Waals surface area (Å²) < 4.78 is 5.29. The first kappa shape index (κ1) is 14.2. The van der Waals surface area contributed by atoms with Crippen LogP contribution in [-0.2, 0) is 11.3 Å². The lowest BCUT2D eigenvalue weighted by Crippen LogP contribution is -2.46. The van der Waals surface area contributed by atoms with Gasteiger partial charge in [0.05, 0.1) is 30.8 Å². The van der Waals surface area contributed by atoms with Crippen LogP contribution < -0.4 is 0 Å². The first-order valence-electron chi connectivity index (χ1n) is 5.97. The normalized spacial score (nSPS) is 20.4. The average molecular weight is 287 g/mol. The maximum atomic E-state index is 10.8. The van der Waals surface area contributed by atoms with Gasteiger partial charge in [0.1, 0.15) is 0 Å². The van der Waals surface area contributed by atoms with Gasteiger partial charge in [0, 0.05) is 30.2 Å². The fourth-order valence-electron chi connectivity index (χ4n) is 2.08. The number of nitro benzene ring substituents is 1. The molecule has 1 unspecified atom stereocenters. The fourth-order valence-corrected chi connectivity index (χ4v) is 2.26. The van der Waals surface area contributed by atoms with E-state index in [0.29, 0.717) is 36.9 Å². The van der Waals surface area contributed by atoms with Crippen LogP contribution >= 0.6 is 11.6 Å². The Morgan fingerprint density at radius 2 is 2.37 bits per heavy atom. The van der Waals surface area contributed by atoms with E-state index in [-0.39, 0.29) is 18.3 Å². The Balaban J connectivity index is 2.17. The van der Waals surface area contributed by atoms with Crippen molar-refractivity contribution in [3.63, 3.8) is 0 Å². The molecule has 0 aromatic heterocycles. The van der Waals surface area contributed by atoms with Crippen molar-refractivity contribution in [3.8, 4) is 0 Å². The van der Waals surface area contributed by atoms with Gasteiger partial charge in [-0.25, -0.2) is 0 Å². The Morgan fingerprint density at radius 3 is 3.05 bits per heavy atom. The number of nitrogens with zero attached hydrogens (tertiary/aromatic N) is 2. The van der Waals surface area contributed by atoms with Gasteiger partial charge in [-0.3, -0.25) is 15.0 Å². The summed E-state index contributed by atoms with van der Waals surface area (Å²) in [5.41, 5.74) is 0.712. The summed E-state index contributed by atoms with van der Waals surface area (Å²) in [6.07, 6.45) is 0. The molecule has 1 N–H and O–H groups in total. The molecule has 0 bridgehead atoms. The molecule has 104 valence electrons. The molecule has 0 amide bonds. The number of halogens is 1. The summed E-state index contributed by atoms with van der Waals surface area (Å²) in [4.78, 5) is 12.3. The minimum atomic E-state index is -0.442. The number of non-ortho nitro benzene ring substituents is 1. The van der Waals surface area contributed by atoms with Crippen LogP contribution in [0.3, 0.4) is 0 Å². The molecular weight excluding hydrogens is 272 g/mol. The lowest BCUT2D eigenvalue weighted by atomic mass is 10.1. The molecule has 0 saturated carbocycles. The maximum absolute atomic E-state index is 10.8. The van der Waals surface area contributed by atoms with Crippen molar-refractivity contribution >= 4 is 17.3 Å². The van der Waals surface area contributed by atoms with Crippen LogP contribution in [0.25, 0.3) is 0 Å². The van der Waals surface area contributed by atoms with Crippen LogP contribution in [0.15, 0.2) is 18.2 Å². The number of morpholine rings is 1. The molecule has 1 aromatic rings. The van der Waals surface area contributed by atoms with Crippen molar-refractivity contribution in [2.75, 3.05) is 26.4 Å². The molecule has 1 aliphatic heterocycles. The molecule has 1 heterocycles. The smallest absolute Gasteiger partial charge is 0.269 e. The Bertz CT molecular complexity index is 469. The summed E-state index contributed by atoms with van der Waals surface area (Å²) in [6, 6.07) is 4.30. The molecule has 1 saturated heterocycles. The van der Waals surface area contributed by atoms with Gasteiger partial charge in [0.15, 0.2) is 0 Å². The molecule has 6 nitrogen and oxygen atoms in total. The minimum Gasteiger partial charge on any atom is -0.395 e. The maximum Gasteiger partial charge on any atom is 0.269 e. The van der Waals surface area contributed by atoms with E-state index >= 15 is 0 Å². The lowest BCUT2D eigenvalue weighted by molar-refractivity contribution is -0.384. The Labute approximate surface area is 115 Å². The number of aliphatic hydroxyl groups is 1. The van der Waals surface area contributed by atoms with E-state index in [1.165, 1.54) is 18.2 Å². The Hall–Kier alpha value is -1.21. The van der Waals surface area contributed by atoms with E-state index in [9.17, 15) is 15.2 Å². The second kappa shape index (κ2) is 6.29. The zero-order chi connectivity index (χ0) is 13.8.